The summed E-state index contributed by atoms with van der Waals surface area (Å²) < 4.78 is 5.25. The molecule has 1 heterocycles. The normalized spacial score (nSPS) is 10.8. The highest BCUT2D eigenvalue weighted by atomic mass is 16.6. The summed E-state index contributed by atoms with van der Waals surface area (Å²) in [5.74, 6) is -0.167. The van der Waals surface area contributed by atoms with Gasteiger partial charge in [-0.05, 0) is 32.4 Å². The zero-order valence-electron chi connectivity index (χ0n) is 12.1. The third kappa shape index (κ3) is 4.75. The number of pyridine rings is 1. The molecule has 0 saturated heterocycles. The second kappa shape index (κ2) is 6.23. The van der Waals surface area contributed by atoms with Crippen LogP contribution < -0.4 is 0 Å². The van der Waals surface area contributed by atoms with Crippen LogP contribution >= 0.6 is 0 Å². The Balaban J connectivity index is 2.75. The molecule has 0 atom stereocenters. The van der Waals surface area contributed by atoms with E-state index >= 15 is 0 Å². The van der Waals surface area contributed by atoms with Crippen molar-refractivity contribution in [3.63, 3.8) is 0 Å². The van der Waals surface area contributed by atoms with Gasteiger partial charge in [0.15, 0.2) is 5.84 Å². The van der Waals surface area contributed by atoms with E-state index in [0.29, 0.717) is 12.1 Å². The molecule has 0 saturated carbocycles. The number of rotatable bonds is 3. The quantitative estimate of drug-likeness (QED) is 0.504. The Morgan fingerprint density at radius 1 is 1.45 bits per heavy atom. The van der Waals surface area contributed by atoms with Crippen LogP contribution in [-0.4, -0.2) is 34.5 Å². The van der Waals surface area contributed by atoms with Crippen molar-refractivity contribution < 1.29 is 9.53 Å². The lowest BCUT2D eigenvalue weighted by Crippen LogP contribution is -2.33. The van der Waals surface area contributed by atoms with Gasteiger partial charge in [0.25, 0.3) is 0 Å². The minimum atomic E-state index is -0.544. The van der Waals surface area contributed by atoms with Gasteiger partial charge in [0.1, 0.15) is 5.60 Å². The lowest BCUT2D eigenvalue weighted by Gasteiger charge is -2.24. The Hall–Kier alpha value is -2.31. The number of nitrogens with zero attached hydrogens (tertiary/aromatic N) is 3. The van der Waals surface area contributed by atoms with Crippen LogP contribution in [0.5, 0.6) is 0 Å². The van der Waals surface area contributed by atoms with Crippen molar-refractivity contribution in [3.05, 3.63) is 29.6 Å². The fraction of sp³-hybridized carbons (Fsp3) is 0.462. The van der Waals surface area contributed by atoms with Crippen LogP contribution in [0.2, 0.25) is 0 Å². The minimum absolute atomic E-state index is 0.167. The van der Waals surface area contributed by atoms with Gasteiger partial charge in [0.2, 0.25) is 0 Å². The molecule has 1 aromatic rings. The lowest BCUT2D eigenvalue weighted by molar-refractivity contribution is 0.0285. The van der Waals surface area contributed by atoms with Crippen LogP contribution in [0.3, 0.4) is 0 Å². The van der Waals surface area contributed by atoms with E-state index in [1.807, 2.05) is 0 Å². The number of carbonyl (C=O) groups is 1. The van der Waals surface area contributed by atoms with Gasteiger partial charge in [-0.1, -0.05) is 0 Å². The minimum Gasteiger partial charge on any atom is -0.444 e. The van der Waals surface area contributed by atoms with Crippen molar-refractivity contribution in [2.45, 2.75) is 32.9 Å². The van der Waals surface area contributed by atoms with Gasteiger partial charge in [-0.2, -0.15) is 0 Å². The van der Waals surface area contributed by atoms with Crippen LogP contribution in [0.1, 0.15) is 31.9 Å². The highest BCUT2D eigenvalue weighted by Gasteiger charge is 2.19. The average Bonchev–Trinajstić information content (AvgIpc) is 2.36. The molecule has 0 aromatic carbocycles. The summed E-state index contributed by atoms with van der Waals surface area (Å²) in [5, 5.41) is 10.5. The number of hydrogen-bond acceptors (Lipinski definition) is 5. The maximum absolute atomic E-state index is 11.8. The highest BCUT2D eigenvalue weighted by Crippen LogP contribution is 2.12. The first-order valence-corrected chi connectivity index (χ1v) is 6.07. The summed E-state index contributed by atoms with van der Waals surface area (Å²) in [6.45, 7) is 5.72. The van der Waals surface area contributed by atoms with Gasteiger partial charge in [0.05, 0.1) is 6.54 Å². The number of hydrogen-bond donors (Lipinski definition) is 2. The van der Waals surface area contributed by atoms with Gasteiger partial charge >= 0.3 is 6.09 Å². The van der Waals surface area contributed by atoms with E-state index in [2.05, 4.69) is 10.1 Å². The van der Waals surface area contributed by atoms with E-state index in [1.54, 1.807) is 40.1 Å². The summed E-state index contributed by atoms with van der Waals surface area (Å²) in [6.07, 6.45) is 2.63. The van der Waals surface area contributed by atoms with Crippen LogP contribution in [0, 0.1) is 10.9 Å². The van der Waals surface area contributed by atoms with Crippen LogP contribution in [-0.2, 0) is 11.3 Å². The molecule has 0 aliphatic rings. The summed E-state index contributed by atoms with van der Waals surface area (Å²) in [4.78, 5) is 17.2. The first-order valence-electron chi connectivity index (χ1n) is 6.07. The number of aromatic nitrogens is 1. The van der Waals surface area contributed by atoms with Crippen LogP contribution in [0.4, 0.5) is 4.79 Å². The van der Waals surface area contributed by atoms with Gasteiger partial charge in [-0.25, -0.2) is 10.3 Å². The Kier molecular flexibility index (Phi) is 4.90. The molecule has 0 bridgehead atoms. The fourth-order valence-corrected chi connectivity index (χ4v) is 1.45. The van der Waals surface area contributed by atoms with Crippen LogP contribution in [0.15, 0.2) is 23.6 Å². The van der Waals surface area contributed by atoms with E-state index in [4.69, 9.17) is 15.7 Å². The Morgan fingerprint density at radius 2 is 2.10 bits per heavy atom. The predicted molar refractivity (Wildman–Crippen MR) is 73.9 cm³/mol. The summed E-state index contributed by atoms with van der Waals surface area (Å²) in [5.41, 5.74) is 7.45. The topological polar surface area (TPSA) is 102 Å². The number of amides is 1. The van der Waals surface area contributed by atoms with E-state index in [-0.39, 0.29) is 5.84 Å². The smallest absolute Gasteiger partial charge is 0.410 e. The number of carbonyl (C=O) groups excluding carboxylic acids is 1. The molecule has 1 rings (SSSR count). The second-order valence-corrected chi connectivity index (χ2v) is 5.38. The third-order valence-corrected chi connectivity index (χ3v) is 2.31. The van der Waals surface area contributed by atoms with Crippen molar-refractivity contribution in [1.82, 2.24) is 9.88 Å². The largest absolute Gasteiger partial charge is 0.444 e. The Morgan fingerprint density at radius 3 is 2.65 bits per heavy atom. The van der Waals surface area contributed by atoms with E-state index in [9.17, 15) is 4.79 Å². The van der Waals surface area contributed by atoms with Crippen molar-refractivity contribution >= 4 is 11.9 Å². The molecular weight excluding hydrogens is 258 g/mol. The van der Waals surface area contributed by atoms with Crippen molar-refractivity contribution in [1.29, 1.82) is 10.9 Å². The standard InChI is InChI=1S/C13H19N5O2/c1-13(2,3)20-12(19)18(4)8-9-5-10(7-16-6-9)11(14)17-15/h5-7,14-15H,8H2,1-4H3. The molecule has 7 heteroatoms. The molecule has 0 radical (unpaired) electrons. The molecule has 20 heavy (non-hydrogen) atoms. The molecule has 1 aromatic heterocycles. The maximum atomic E-state index is 11.8. The zero-order valence-corrected chi connectivity index (χ0v) is 12.1. The first kappa shape index (κ1) is 15.7. The SMILES string of the molecule is CN(Cc1cncc(C(=N)N=N)c1)C(=O)OC(C)(C)C. The molecular formula is C13H19N5O2. The Bertz CT molecular complexity index is 522. The summed E-state index contributed by atoms with van der Waals surface area (Å²) >= 11 is 0. The summed E-state index contributed by atoms with van der Waals surface area (Å²) in [7, 11) is 1.63. The van der Waals surface area contributed by atoms with E-state index in [0.717, 1.165) is 5.56 Å². The number of amidine groups is 1. The molecule has 108 valence electrons. The van der Waals surface area contributed by atoms with E-state index in [1.165, 1.54) is 11.1 Å². The van der Waals surface area contributed by atoms with Crippen molar-refractivity contribution in [2.24, 2.45) is 5.11 Å². The second-order valence-electron chi connectivity index (χ2n) is 5.38. The van der Waals surface area contributed by atoms with Gasteiger partial charge in [-0.3, -0.25) is 10.4 Å². The molecule has 0 unspecified atom stereocenters. The Labute approximate surface area is 118 Å². The van der Waals surface area contributed by atoms with Gasteiger partial charge < -0.3 is 9.64 Å². The number of ether oxygens (including phenoxy) is 1. The van der Waals surface area contributed by atoms with Crippen LogP contribution in [0.25, 0.3) is 0 Å². The van der Waals surface area contributed by atoms with Crippen molar-refractivity contribution in [2.75, 3.05) is 7.05 Å². The third-order valence-electron chi connectivity index (χ3n) is 2.31. The molecule has 1 amide bonds. The number of nitrogens with one attached hydrogen (secondary N) is 2. The van der Waals surface area contributed by atoms with E-state index < -0.39 is 11.7 Å². The highest BCUT2D eigenvalue weighted by molar-refractivity contribution is 5.96. The maximum Gasteiger partial charge on any atom is 0.410 e. The lowest BCUT2D eigenvalue weighted by atomic mass is 10.2. The van der Waals surface area contributed by atoms with Crippen molar-refractivity contribution in [3.8, 4) is 0 Å². The molecule has 0 aliphatic heterocycles. The molecule has 0 aliphatic carbocycles. The van der Waals surface area contributed by atoms with Gasteiger partial charge in [-0.15, -0.1) is 5.11 Å². The monoisotopic (exact) mass is 277 g/mol. The predicted octanol–water partition coefficient (Wildman–Crippen LogP) is 2.80. The fourth-order valence-electron chi connectivity index (χ4n) is 1.45. The molecule has 2 N–H and O–H groups in total. The van der Waals surface area contributed by atoms with Gasteiger partial charge in [0, 0.05) is 25.0 Å². The average molecular weight is 277 g/mol. The molecule has 0 fully saturated rings. The zero-order chi connectivity index (χ0) is 15.3. The molecule has 7 nitrogen and oxygen atoms in total. The summed E-state index contributed by atoms with van der Waals surface area (Å²) in [6, 6.07) is 1.67. The molecule has 0 spiro atoms. The first-order chi connectivity index (χ1) is 9.23.